The minimum absolute atomic E-state index is 0.416. The fourth-order valence-electron chi connectivity index (χ4n) is 3.13. The van der Waals surface area contributed by atoms with Gasteiger partial charge in [0.25, 0.3) is 0 Å². The molecular weight excluding hydrogens is 342 g/mol. The zero-order valence-electron chi connectivity index (χ0n) is 16.6. The first-order valence-corrected chi connectivity index (χ1v) is 10.3. The van der Waals surface area contributed by atoms with Gasteiger partial charge >= 0.3 is 0 Å². The predicted molar refractivity (Wildman–Crippen MR) is 112 cm³/mol. The molecule has 5 heteroatoms. The number of nitrogens with zero attached hydrogens (tertiary/aromatic N) is 1. The summed E-state index contributed by atoms with van der Waals surface area (Å²) in [6.45, 7) is 11.8. The minimum Gasteiger partial charge on any atom is -0.381 e. The van der Waals surface area contributed by atoms with Gasteiger partial charge in [0, 0.05) is 29.3 Å². The van der Waals surface area contributed by atoms with Crippen molar-refractivity contribution in [3.63, 3.8) is 0 Å². The van der Waals surface area contributed by atoms with E-state index in [1.165, 1.54) is 9.75 Å². The van der Waals surface area contributed by atoms with Crippen LogP contribution in [0.2, 0.25) is 0 Å². The summed E-state index contributed by atoms with van der Waals surface area (Å²) in [5.41, 5.74) is 3.81. The second-order valence-electron chi connectivity index (χ2n) is 6.57. The van der Waals surface area contributed by atoms with E-state index in [4.69, 9.17) is 15.1 Å². The van der Waals surface area contributed by atoms with Gasteiger partial charge in [0.2, 0.25) is 0 Å². The topological polar surface area (TPSA) is 61.8 Å². The van der Waals surface area contributed by atoms with Crippen molar-refractivity contribution in [3.8, 4) is 10.6 Å². The lowest BCUT2D eigenvalue weighted by molar-refractivity contribution is 0.151. The molecule has 0 aliphatic carbocycles. The number of imidazole rings is 1. The normalized spacial score (nSPS) is 12.2. The van der Waals surface area contributed by atoms with Crippen LogP contribution < -0.4 is 0 Å². The highest BCUT2D eigenvalue weighted by atomic mass is 32.1. The first kappa shape index (κ1) is 20.6. The van der Waals surface area contributed by atoms with Crippen LogP contribution in [0.3, 0.4) is 0 Å². The SMILES string of the molecule is CCOCCc1ccc(-c2nc(/C(=C\C(C)=N)C(CC)CC)[nH]c2C)s1. The molecule has 0 unspecified atom stereocenters. The largest absolute Gasteiger partial charge is 0.381 e. The van der Waals surface area contributed by atoms with Gasteiger partial charge in [-0.3, -0.25) is 0 Å². The molecule has 2 rings (SSSR count). The molecule has 0 aliphatic rings. The van der Waals surface area contributed by atoms with Gasteiger partial charge in [-0.15, -0.1) is 11.3 Å². The second kappa shape index (κ2) is 9.83. The van der Waals surface area contributed by atoms with Gasteiger partial charge in [0.15, 0.2) is 0 Å². The standard InChI is InChI=1S/C21H31N3OS/c1-6-16(7-2)18(13-14(4)22)21-23-15(5)20(24-21)19-10-9-17(26-19)11-12-25-8-3/h9-10,13,16,22H,6-8,11-12H2,1-5H3,(H,23,24)/b18-13-,22-14?. The highest BCUT2D eigenvalue weighted by Crippen LogP contribution is 2.33. The summed E-state index contributed by atoms with van der Waals surface area (Å²) < 4.78 is 5.46. The van der Waals surface area contributed by atoms with Crippen LogP contribution in [-0.4, -0.2) is 28.9 Å². The van der Waals surface area contributed by atoms with E-state index >= 15 is 0 Å². The number of hydrogen-bond acceptors (Lipinski definition) is 4. The highest BCUT2D eigenvalue weighted by Gasteiger charge is 2.19. The summed E-state index contributed by atoms with van der Waals surface area (Å²) in [5.74, 6) is 1.32. The van der Waals surface area contributed by atoms with Gasteiger partial charge < -0.3 is 15.1 Å². The van der Waals surface area contributed by atoms with Crippen molar-refractivity contribution in [2.75, 3.05) is 13.2 Å². The van der Waals surface area contributed by atoms with E-state index < -0.39 is 0 Å². The summed E-state index contributed by atoms with van der Waals surface area (Å²) in [5, 5.41) is 7.90. The van der Waals surface area contributed by atoms with Gasteiger partial charge in [-0.25, -0.2) is 4.98 Å². The number of hydrogen-bond donors (Lipinski definition) is 2. The van der Waals surface area contributed by atoms with Crippen molar-refractivity contribution in [1.82, 2.24) is 9.97 Å². The fourth-order valence-corrected chi connectivity index (χ4v) is 4.17. The molecule has 4 nitrogen and oxygen atoms in total. The molecule has 0 aromatic carbocycles. The van der Waals surface area contributed by atoms with Crippen molar-refractivity contribution in [3.05, 3.63) is 34.6 Å². The molecule has 0 atom stereocenters. The number of allylic oxidation sites excluding steroid dienone is 2. The molecular formula is C21H31N3OS. The molecule has 26 heavy (non-hydrogen) atoms. The van der Waals surface area contributed by atoms with E-state index in [1.54, 1.807) is 11.3 Å². The van der Waals surface area contributed by atoms with Crippen molar-refractivity contribution in [1.29, 1.82) is 5.41 Å². The molecule has 0 saturated carbocycles. The maximum Gasteiger partial charge on any atom is 0.134 e. The summed E-state index contributed by atoms with van der Waals surface area (Å²) in [4.78, 5) is 10.9. The molecule has 2 heterocycles. The van der Waals surface area contributed by atoms with Gasteiger partial charge in [-0.05, 0) is 63.3 Å². The van der Waals surface area contributed by atoms with E-state index in [2.05, 4.69) is 37.9 Å². The van der Waals surface area contributed by atoms with Crippen LogP contribution in [0, 0.1) is 18.3 Å². The van der Waals surface area contributed by atoms with Crippen molar-refractivity contribution in [2.24, 2.45) is 5.92 Å². The molecule has 0 fully saturated rings. The Morgan fingerprint density at radius 3 is 2.65 bits per heavy atom. The van der Waals surface area contributed by atoms with Gasteiger partial charge in [0.1, 0.15) is 11.5 Å². The lowest BCUT2D eigenvalue weighted by atomic mass is 9.92. The van der Waals surface area contributed by atoms with Crippen LogP contribution in [0.5, 0.6) is 0 Å². The molecule has 2 aromatic rings. The Bertz CT molecular complexity index is 753. The zero-order valence-corrected chi connectivity index (χ0v) is 17.4. The molecule has 0 spiro atoms. The molecule has 2 N–H and O–H groups in total. The first-order valence-electron chi connectivity index (χ1n) is 9.50. The Hall–Kier alpha value is -1.72. The average Bonchev–Trinajstić information content (AvgIpc) is 3.21. The third kappa shape index (κ3) is 5.15. The quantitative estimate of drug-likeness (QED) is 0.403. The van der Waals surface area contributed by atoms with Crippen LogP contribution in [0.25, 0.3) is 16.1 Å². The summed E-state index contributed by atoms with van der Waals surface area (Å²) in [7, 11) is 0. The summed E-state index contributed by atoms with van der Waals surface area (Å²) in [6.07, 6.45) is 5.00. The van der Waals surface area contributed by atoms with Gasteiger partial charge in [-0.1, -0.05) is 13.8 Å². The van der Waals surface area contributed by atoms with Crippen LogP contribution in [0.4, 0.5) is 0 Å². The lowest BCUT2D eigenvalue weighted by Gasteiger charge is -2.15. The van der Waals surface area contributed by atoms with E-state index in [0.717, 1.165) is 55.3 Å². The van der Waals surface area contributed by atoms with Crippen LogP contribution in [-0.2, 0) is 11.2 Å². The summed E-state index contributed by atoms with van der Waals surface area (Å²) in [6, 6.07) is 4.33. The average molecular weight is 374 g/mol. The maximum atomic E-state index is 7.90. The minimum atomic E-state index is 0.416. The Kier molecular flexibility index (Phi) is 7.79. The Balaban J connectivity index is 2.31. The van der Waals surface area contributed by atoms with E-state index in [1.807, 2.05) is 19.9 Å². The van der Waals surface area contributed by atoms with Gasteiger partial charge in [0.05, 0.1) is 11.5 Å². The summed E-state index contributed by atoms with van der Waals surface area (Å²) >= 11 is 1.79. The smallest absolute Gasteiger partial charge is 0.134 e. The number of aromatic nitrogens is 2. The highest BCUT2D eigenvalue weighted by molar-refractivity contribution is 7.15. The zero-order chi connectivity index (χ0) is 19.1. The van der Waals surface area contributed by atoms with Crippen molar-refractivity contribution in [2.45, 2.75) is 53.9 Å². The number of nitrogens with one attached hydrogen (secondary N) is 2. The molecule has 0 radical (unpaired) electrons. The monoisotopic (exact) mass is 373 g/mol. The number of H-pyrrole nitrogens is 1. The van der Waals surface area contributed by atoms with Crippen LogP contribution in [0.1, 0.15) is 56.9 Å². The molecule has 0 bridgehead atoms. The molecule has 0 amide bonds. The van der Waals surface area contributed by atoms with E-state index in [9.17, 15) is 0 Å². The number of thiophene rings is 1. The van der Waals surface area contributed by atoms with Crippen LogP contribution >= 0.6 is 11.3 Å². The fraction of sp³-hybridized carbons (Fsp3) is 0.524. The van der Waals surface area contributed by atoms with Crippen molar-refractivity contribution < 1.29 is 4.74 Å². The molecule has 0 saturated heterocycles. The Morgan fingerprint density at radius 1 is 1.31 bits per heavy atom. The van der Waals surface area contributed by atoms with Crippen LogP contribution in [0.15, 0.2) is 18.2 Å². The Labute approximate surface area is 161 Å². The van der Waals surface area contributed by atoms with Gasteiger partial charge in [-0.2, -0.15) is 0 Å². The number of aromatic amines is 1. The second-order valence-corrected chi connectivity index (χ2v) is 7.74. The van der Waals surface area contributed by atoms with Crippen molar-refractivity contribution >= 4 is 22.6 Å². The number of aryl methyl sites for hydroxylation is 1. The number of ether oxygens (including phenoxy) is 1. The maximum absolute atomic E-state index is 7.90. The van der Waals surface area contributed by atoms with E-state index in [-0.39, 0.29) is 0 Å². The number of rotatable bonds is 10. The first-order chi connectivity index (χ1) is 12.5. The van der Waals surface area contributed by atoms with E-state index in [0.29, 0.717) is 11.6 Å². The predicted octanol–water partition coefficient (Wildman–Crippen LogP) is 5.88. The molecule has 0 aliphatic heterocycles. The molecule has 142 valence electrons. The third-order valence-corrected chi connectivity index (χ3v) is 5.70. The molecule has 2 aromatic heterocycles. The lowest BCUT2D eigenvalue weighted by Crippen LogP contribution is -2.04. The third-order valence-electron chi connectivity index (χ3n) is 4.55. The Morgan fingerprint density at radius 2 is 2.04 bits per heavy atom.